The minimum atomic E-state index is -1.04. The third-order valence-corrected chi connectivity index (χ3v) is 3.60. The van der Waals surface area contributed by atoms with Crippen LogP contribution in [-0.2, 0) is 19.9 Å². The third kappa shape index (κ3) is 2.99. The van der Waals surface area contributed by atoms with Gasteiger partial charge in [-0.3, -0.25) is 4.68 Å². The van der Waals surface area contributed by atoms with E-state index in [4.69, 9.17) is 11.6 Å². The van der Waals surface area contributed by atoms with Crippen LogP contribution in [0, 0.1) is 11.6 Å². The highest BCUT2D eigenvalue weighted by molar-refractivity contribution is 6.31. The van der Waals surface area contributed by atoms with Crippen molar-refractivity contribution in [2.24, 2.45) is 7.05 Å². The monoisotopic (exact) mass is 300 g/mol. The lowest BCUT2D eigenvalue weighted by atomic mass is 10.0. The molecule has 6 heteroatoms. The number of halogens is 3. The van der Waals surface area contributed by atoms with Crippen molar-refractivity contribution in [3.05, 3.63) is 51.8 Å². The molecule has 20 heavy (non-hydrogen) atoms. The van der Waals surface area contributed by atoms with Crippen LogP contribution in [-0.4, -0.2) is 14.9 Å². The van der Waals surface area contributed by atoms with E-state index in [1.165, 1.54) is 0 Å². The van der Waals surface area contributed by atoms with Crippen molar-refractivity contribution < 1.29 is 13.9 Å². The molecule has 2 aromatic rings. The number of nitrogens with zero attached hydrogens (tertiary/aromatic N) is 2. The van der Waals surface area contributed by atoms with Gasteiger partial charge in [0.1, 0.15) is 11.6 Å². The maximum absolute atomic E-state index is 13.1. The van der Waals surface area contributed by atoms with Crippen molar-refractivity contribution in [1.29, 1.82) is 0 Å². The first-order chi connectivity index (χ1) is 9.42. The zero-order chi connectivity index (χ0) is 14.9. The molecule has 0 radical (unpaired) electrons. The zero-order valence-electron chi connectivity index (χ0n) is 11.2. The predicted octanol–water partition coefficient (Wildman–Crippen LogP) is 3.19. The van der Waals surface area contributed by atoms with E-state index in [0.717, 1.165) is 23.9 Å². The first-order valence-electron chi connectivity index (χ1n) is 6.26. The molecule has 108 valence electrons. The van der Waals surface area contributed by atoms with Crippen molar-refractivity contribution in [2.75, 3.05) is 0 Å². The van der Waals surface area contributed by atoms with Crippen molar-refractivity contribution in [3.63, 3.8) is 0 Å². The fourth-order valence-electron chi connectivity index (χ4n) is 2.11. The van der Waals surface area contributed by atoms with Crippen molar-refractivity contribution in [1.82, 2.24) is 9.78 Å². The standard InChI is InChI=1S/C14H15ClF2N2O/c1-3-11-14(15)12(19(2)18-11)7-13(20)8-4-9(16)6-10(17)5-8/h4-6,13,20H,3,7H2,1-2H3. The average molecular weight is 301 g/mol. The second-order valence-electron chi connectivity index (χ2n) is 4.61. The molecule has 0 fully saturated rings. The van der Waals surface area contributed by atoms with Gasteiger partial charge in [0.25, 0.3) is 0 Å². The lowest BCUT2D eigenvalue weighted by Crippen LogP contribution is -2.07. The minimum absolute atomic E-state index is 0.144. The van der Waals surface area contributed by atoms with Gasteiger partial charge >= 0.3 is 0 Å². The van der Waals surface area contributed by atoms with Crippen LogP contribution in [0.25, 0.3) is 0 Å². The van der Waals surface area contributed by atoms with Crippen LogP contribution in [0.3, 0.4) is 0 Å². The number of rotatable bonds is 4. The van der Waals surface area contributed by atoms with Crippen molar-refractivity contribution >= 4 is 11.6 Å². The van der Waals surface area contributed by atoms with E-state index in [9.17, 15) is 13.9 Å². The predicted molar refractivity (Wildman–Crippen MR) is 72.6 cm³/mol. The molecular formula is C14H15ClF2N2O. The van der Waals surface area contributed by atoms with Crippen LogP contribution in [0.15, 0.2) is 18.2 Å². The Kier molecular flexibility index (Phi) is 4.40. The van der Waals surface area contributed by atoms with Gasteiger partial charge < -0.3 is 5.11 Å². The lowest BCUT2D eigenvalue weighted by molar-refractivity contribution is 0.175. The molecule has 1 aromatic carbocycles. The van der Waals surface area contributed by atoms with Gasteiger partial charge in [-0.05, 0) is 24.1 Å². The third-order valence-electron chi connectivity index (χ3n) is 3.16. The van der Waals surface area contributed by atoms with Crippen LogP contribution in [0.5, 0.6) is 0 Å². The molecule has 0 spiro atoms. The smallest absolute Gasteiger partial charge is 0.126 e. The van der Waals surface area contributed by atoms with Gasteiger partial charge in [0.2, 0.25) is 0 Å². The fourth-order valence-corrected chi connectivity index (χ4v) is 2.48. The molecule has 3 nitrogen and oxygen atoms in total. The first kappa shape index (κ1) is 14.9. The van der Waals surface area contributed by atoms with Gasteiger partial charge in [-0.15, -0.1) is 0 Å². The second kappa shape index (κ2) is 5.89. The summed E-state index contributed by atoms with van der Waals surface area (Å²) in [4.78, 5) is 0. The quantitative estimate of drug-likeness (QED) is 0.941. The summed E-state index contributed by atoms with van der Waals surface area (Å²) in [6.07, 6.45) is -0.222. The van der Waals surface area contributed by atoms with Crippen LogP contribution in [0.2, 0.25) is 5.02 Å². The average Bonchev–Trinajstić information content (AvgIpc) is 2.65. The second-order valence-corrected chi connectivity index (χ2v) is 4.99. The van der Waals surface area contributed by atoms with Gasteiger partial charge in [-0.1, -0.05) is 18.5 Å². The highest BCUT2D eigenvalue weighted by Gasteiger charge is 2.18. The summed E-state index contributed by atoms with van der Waals surface area (Å²) in [5.74, 6) is -1.44. The molecule has 0 saturated carbocycles. The van der Waals surface area contributed by atoms with Crippen LogP contribution >= 0.6 is 11.6 Å². The van der Waals surface area contributed by atoms with Gasteiger partial charge in [-0.25, -0.2) is 8.78 Å². The first-order valence-corrected chi connectivity index (χ1v) is 6.64. The number of aliphatic hydroxyl groups is 1. The largest absolute Gasteiger partial charge is 0.388 e. The summed E-state index contributed by atoms with van der Waals surface area (Å²) < 4.78 is 27.9. The molecule has 0 amide bonds. The molecule has 1 N–H and O–H groups in total. The zero-order valence-corrected chi connectivity index (χ0v) is 12.0. The molecule has 0 aliphatic rings. The maximum atomic E-state index is 13.1. The number of benzene rings is 1. The molecule has 1 unspecified atom stereocenters. The number of aliphatic hydroxyl groups excluding tert-OH is 1. The van der Waals surface area contributed by atoms with E-state index < -0.39 is 17.7 Å². The molecule has 1 heterocycles. The highest BCUT2D eigenvalue weighted by Crippen LogP contribution is 2.27. The molecule has 1 atom stereocenters. The number of hydrogen-bond donors (Lipinski definition) is 1. The summed E-state index contributed by atoms with van der Waals surface area (Å²) >= 11 is 6.18. The van der Waals surface area contributed by atoms with E-state index in [-0.39, 0.29) is 12.0 Å². The Morgan fingerprint density at radius 2 is 1.90 bits per heavy atom. The SMILES string of the molecule is CCc1nn(C)c(CC(O)c2cc(F)cc(F)c2)c1Cl. The summed E-state index contributed by atoms with van der Waals surface area (Å²) in [6, 6.07) is 2.99. The molecule has 1 aromatic heterocycles. The van der Waals surface area contributed by atoms with E-state index >= 15 is 0 Å². The summed E-state index contributed by atoms with van der Waals surface area (Å²) in [5.41, 5.74) is 1.56. The maximum Gasteiger partial charge on any atom is 0.126 e. The van der Waals surface area contributed by atoms with E-state index in [1.54, 1.807) is 11.7 Å². The highest BCUT2D eigenvalue weighted by atomic mass is 35.5. The Morgan fingerprint density at radius 1 is 1.30 bits per heavy atom. The molecule has 0 bridgehead atoms. The Labute approximate surface area is 120 Å². The van der Waals surface area contributed by atoms with E-state index in [1.807, 2.05) is 6.92 Å². The molecule has 0 aliphatic carbocycles. The molecule has 0 saturated heterocycles. The Balaban J connectivity index is 2.27. The number of aryl methyl sites for hydroxylation is 2. The Bertz CT molecular complexity index is 608. The van der Waals surface area contributed by atoms with Gasteiger partial charge in [0.15, 0.2) is 0 Å². The summed E-state index contributed by atoms with van der Waals surface area (Å²) in [7, 11) is 1.72. The summed E-state index contributed by atoms with van der Waals surface area (Å²) in [6.45, 7) is 1.93. The summed E-state index contributed by atoms with van der Waals surface area (Å²) in [5, 5.41) is 14.8. The van der Waals surface area contributed by atoms with Crippen LogP contribution in [0.1, 0.15) is 30.0 Å². The Hall–Kier alpha value is -1.46. The molecule has 2 rings (SSSR count). The topological polar surface area (TPSA) is 38.0 Å². The van der Waals surface area contributed by atoms with Gasteiger partial charge in [0, 0.05) is 19.5 Å². The fraction of sp³-hybridized carbons (Fsp3) is 0.357. The minimum Gasteiger partial charge on any atom is -0.388 e. The van der Waals surface area contributed by atoms with Crippen molar-refractivity contribution in [2.45, 2.75) is 25.9 Å². The van der Waals surface area contributed by atoms with E-state index in [2.05, 4.69) is 5.10 Å². The van der Waals surface area contributed by atoms with Crippen LogP contribution in [0.4, 0.5) is 8.78 Å². The van der Waals surface area contributed by atoms with Crippen molar-refractivity contribution in [3.8, 4) is 0 Å². The van der Waals surface area contributed by atoms with Crippen LogP contribution < -0.4 is 0 Å². The van der Waals surface area contributed by atoms with E-state index in [0.29, 0.717) is 17.1 Å². The number of hydrogen-bond acceptors (Lipinski definition) is 2. The molecular weight excluding hydrogens is 286 g/mol. The lowest BCUT2D eigenvalue weighted by Gasteiger charge is -2.12. The Morgan fingerprint density at radius 3 is 2.40 bits per heavy atom. The number of aromatic nitrogens is 2. The van der Waals surface area contributed by atoms with Gasteiger partial charge in [0.05, 0.1) is 22.5 Å². The van der Waals surface area contributed by atoms with Gasteiger partial charge in [-0.2, -0.15) is 5.10 Å². The molecule has 0 aliphatic heterocycles. The normalized spacial score (nSPS) is 12.7.